The van der Waals surface area contributed by atoms with Crippen LogP contribution in [-0.4, -0.2) is 35.7 Å². The molecule has 0 aromatic rings. The Morgan fingerprint density at radius 2 is 1.81 bits per heavy atom. The molecule has 1 rings (SSSR count). The molecule has 1 aliphatic carbocycles. The number of carbonyl (C=O) groups excluding carboxylic acids is 2. The fraction of sp³-hybridized carbons (Fsp3) is 0.867. The van der Waals surface area contributed by atoms with Crippen LogP contribution in [-0.2, 0) is 9.53 Å². The fourth-order valence-corrected chi connectivity index (χ4v) is 2.53. The highest BCUT2D eigenvalue weighted by atomic mass is 16.6. The van der Waals surface area contributed by atoms with Gasteiger partial charge in [0.25, 0.3) is 0 Å². The summed E-state index contributed by atoms with van der Waals surface area (Å²) in [5.41, 5.74) is 4.16. The SMILES string of the molecule is CC(C)(C)OC(=O)NCC1CCCC1NC(C)(C)C(N)=O. The van der Waals surface area contributed by atoms with E-state index >= 15 is 0 Å². The summed E-state index contributed by atoms with van der Waals surface area (Å²) in [6.45, 7) is 9.62. The summed E-state index contributed by atoms with van der Waals surface area (Å²) < 4.78 is 5.23. The largest absolute Gasteiger partial charge is 0.444 e. The van der Waals surface area contributed by atoms with Crippen molar-refractivity contribution >= 4 is 12.0 Å². The molecule has 6 nitrogen and oxygen atoms in total. The molecular formula is C15H29N3O3. The van der Waals surface area contributed by atoms with Crippen LogP contribution in [0.1, 0.15) is 53.9 Å². The lowest BCUT2D eigenvalue weighted by Gasteiger charge is -2.30. The van der Waals surface area contributed by atoms with Crippen molar-refractivity contribution in [2.24, 2.45) is 11.7 Å². The minimum absolute atomic E-state index is 0.183. The van der Waals surface area contributed by atoms with Crippen LogP contribution >= 0.6 is 0 Å². The molecule has 0 bridgehead atoms. The van der Waals surface area contributed by atoms with Crippen LogP contribution < -0.4 is 16.4 Å². The molecule has 0 radical (unpaired) electrons. The van der Waals surface area contributed by atoms with Crippen molar-refractivity contribution in [3.63, 3.8) is 0 Å². The third kappa shape index (κ3) is 5.91. The van der Waals surface area contributed by atoms with Gasteiger partial charge in [-0.3, -0.25) is 4.79 Å². The van der Waals surface area contributed by atoms with Gasteiger partial charge in [-0.15, -0.1) is 0 Å². The molecule has 2 amide bonds. The van der Waals surface area contributed by atoms with Gasteiger partial charge in [-0.25, -0.2) is 4.79 Å². The van der Waals surface area contributed by atoms with Gasteiger partial charge in [0.2, 0.25) is 5.91 Å². The molecule has 1 aliphatic rings. The average Bonchev–Trinajstić information content (AvgIpc) is 2.70. The van der Waals surface area contributed by atoms with Crippen LogP contribution in [0.4, 0.5) is 4.79 Å². The molecule has 0 aliphatic heterocycles. The highest BCUT2D eigenvalue weighted by molar-refractivity contribution is 5.83. The first-order chi connectivity index (χ1) is 9.51. The predicted octanol–water partition coefficient (Wildman–Crippen LogP) is 1.53. The Kier molecular flexibility index (Phi) is 5.61. The second-order valence-corrected chi connectivity index (χ2v) is 7.31. The van der Waals surface area contributed by atoms with Crippen LogP contribution in [0.15, 0.2) is 0 Å². The fourth-order valence-electron chi connectivity index (χ4n) is 2.53. The summed E-state index contributed by atoms with van der Waals surface area (Å²) in [5.74, 6) is -0.0793. The second kappa shape index (κ2) is 6.64. The quantitative estimate of drug-likeness (QED) is 0.717. The Bertz CT molecular complexity index is 388. The monoisotopic (exact) mass is 299 g/mol. The van der Waals surface area contributed by atoms with Crippen LogP contribution in [0.25, 0.3) is 0 Å². The number of rotatable bonds is 5. The third-order valence-electron chi connectivity index (χ3n) is 3.73. The van der Waals surface area contributed by atoms with Gasteiger partial charge in [0, 0.05) is 12.6 Å². The molecule has 0 heterocycles. The molecule has 0 saturated heterocycles. The summed E-state index contributed by atoms with van der Waals surface area (Å²) in [6.07, 6.45) is 2.68. The molecule has 0 aromatic heterocycles. The lowest BCUT2D eigenvalue weighted by molar-refractivity contribution is -0.123. The van der Waals surface area contributed by atoms with Crippen LogP contribution in [0.3, 0.4) is 0 Å². The number of nitrogens with one attached hydrogen (secondary N) is 2. The molecule has 1 fully saturated rings. The van der Waals surface area contributed by atoms with Crippen molar-refractivity contribution in [2.45, 2.75) is 71.1 Å². The number of carbonyl (C=O) groups is 2. The second-order valence-electron chi connectivity index (χ2n) is 7.31. The van der Waals surface area contributed by atoms with E-state index in [2.05, 4.69) is 10.6 Å². The Labute approximate surface area is 127 Å². The van der Waals surface area contributed by atoms with E-state index in [1.165, 1.54) is 0 Å². The summed E-state index contributed by atoms with van der Waals surface area (Å²) >= 11 is 0. The van der Waals surface area contributed by atoms with Gasteiger partial charge in [0.1, 0.15) is 5.60 Å². The first-order valence-corrected chi connectivity index (χ1v) is 7.56. The van der Waals surface area contributed by atoms with E-state index in [1.54, 1.807) is 13.8 Å². The highest BCUT2D eigenvalue weighted by Crippen LogP contribution is 2.27. The van der Waals surface area contributed by atoms with Gasteiger partial charge < -0.3 is 21.1 Å². The molecule has 2 atom stereocenters. The Morgan fingerprint density at radius 3 is 2.33 bits per heavy atom. The topological polar surface area (TPSA) is 93.4 Å². The molecule has 0 spiro atoms. The predicted molar refractivity (Wildman–Crippen MR) is 81.8 cm³/mol. The van der Waals surface area contributed by atoms with Crippen molar-refractivity contribution in [1.29, 1.82) is 0 Å². The molecule has 1 saturated carbocycles. The van der Waals surface area contributed by atoms with Crippen molar-refractivity contribution < 1.29 is 14.3 Å². The number of hydrogen-bond acceptors (Lipinski definition) is 4. The maximum atomic E-state index is 11.7. The van der Waals surface area contributed by atoms with Crippen molar-refractivity contribution in [3.8, 4) is 0 Å². The van der Waals surface area contributed by atoms with E-state index in [-0.39, 0.29) is 17.9 Å². The highest BCUT2D eigenvalue weighted by Gasteiger charge is 2.34. The lowest BCUT2D eigenvalue weighted by Crippen LogP contribution is -2.56. The molecular weight excluding hydrogens is 270 g/mol. The van der Waals surface area contributed by atoms with E-state index in [0.29, 0.717) is 6.54 Å². The van der Waals surface area contributed by atoms with Gasteiger partial charge in [0.15, 0.2) is 0 Å². The summed E-state index contributed by atoms with van der Waals surface area (Å²) in [4.78, 5) is 23.1. The van der Waals surface area contributed by atoms with E-state index < -0.39 is 17.2 Å². The van der Waals surface area contributed by atoms with Crippen LogP contribution in [0.5, 0.6) is 0 Å². The Hall–Kier alpha value is -1.30. The van der Waals surface area contributed by atoms with Crippen LogP contribution in [0.2, 0.25) is 0 Å². The number of amides is 2. The zero-order valence-electron chi connectivity index (χ0n) is 13.8. The van der Waals surface area contributed by atoms with Crippen molar-refractivity contribution in [2.75, 3.05) is 6.54 Å². The molecule has 0 aromatic carbocycles. The standard InChI is InChI=1S/C15H29N3O3/c1-14(2,3)21-13(20)17-9-10-7-6-8-11(10)18-15(4,5)12(16)19/h10-11,18H,6-9H2,1-5H3,(H2,16,19)(H,17,20). The van der Waals surface area contributed by atoms with Gasteiger partial charge >= 0.3 is 6.09 Å². The maximum Gasteiger partial charge on any atom is 0.407 e. The van der Waals surface area contributed by atoms with Crippen molar-refractivity contribution in [3.05, 3.63) is 0 Å². The number of ether oxygens (including phenoxy) is 1. The van der Waals surface area contributed by atoms with Crippen molar-refractivity contribution in [1.82, 2.24) is 10.6 Å². The third-order valence-corrected chi connectivity index (χ3v) is 3.73. The van der Waals surface area contributed by atoms with E-state index in [4.69, 9.17) is 10.5 Å². The van der Waals surface area contributed by atoms with Gasteiger partial charge in [-0.05, 0) is 53.4 Å². The smallest absolute Gasteiger partial charge is 0.407 e. The molecule has 2 unspecified atom stereocenters. The van der Waals surface area contributed by atoms with Gasteiger partial charge in [-0.2, -0.15) is 0 Å². The lowest BCUT2D eigenvalue weighted by atomic mass is 9.97. The zero-order valence-corrected chi connectivity index (χ0v) is 13.8. The first kappa shape index (κ1) is 17.8. The summed E-state index contributed by atoms with van der Waals surface area (Å²) in [7, 11) is 0. The summed E-state index contributed by atoms with van der Waals surface area (Å²) in [6, 6.07) is 0.183. The minimum Gasteiger partial charge on any atom is -0.444 e. The number of nitrogens with two attached hydrogens (primary N) is 1. The molecule has 4 N–H and O–H groups in total. The van der Waals surface area contributed by atoms with Crippen LogP contribution in [0, 0.1) is 5.92 Å². The number of hydrogen-bond donors (Lipinski definition) is 3. The van der Waals surface area contributed by atoms with E-state index in [1.807, 2.05) is 20.8 Å². The summed E-state index contributed by atoms with van der Waals surface area (Å²) in [5, 5.41) is 6.12. The number of alkyl carbamates (subject to hydrolysis) is 1. The first-order valence-electron chi connectivity index (χ1n) is 7.56. The zero-order chi connectivity index (χ0) is 16.3. The van der Waals surface area contributed by atoms with Gasteiger partial charge in [0.05, 0.1) is 5.54 Å². The normalized spacial score (nSPS) is 22.9. The number of primary amides is 1. The molecule has 122 valence electrons. The molecule has 21 heavy (non-hydrogen) atoms. The minimum atomic E-state index is -0.737. The maximum absolute atomic E-state index is 11.7. The van der Waals surface area contributed by atoms with E-state index in [0.717, 1.165) is 19.3 Å². The van der Waals surface area contributed by atoms with E-state index in [9.17, 15) is 9.59 Å². The molecule has 6 heteroatoms. The Balaban J connectivity index is 2.48. The average molecular weight is 299 g/mol. The van der Waals surface area contributed by atoms with Gasteiger partial charge in [-0.1, -0.05) is 6.42 Å². The Morgan fingerprint density at radius 1 is 1.19 bits per heavy atom.